The molecule has 2 unspecified atom stereocenters. The van der Waals surface area contributed by atoms with Gasteiger partial charge in [0.2, 0.25) is 0 Å². The normalized spacial score (nSPS) is 24.7. The third-order valence-corrected chi connectivity index (χ3v) is 3.30. The van der Waals surface area contributed by atoms with E-state index in [1.54, 1.807) is 18.2 Å². The van der Waals surface area contributed by atoms with Crippen LogP contribution in [0, 0.1) is 0 Å². The first-order chi connectivity index (χ1) is 8.93. The van der Waals surface area contributed by atoms with Gasteiger partial charge in [-0.3, -0.25) is 4.90 Å². The molecule has 0 N–H and O–H groups in total. The molecular weight excluding hydrogens is 251 g/mol. The lowest BCUT2D eigenvalue weighted by Crippen LogP contribution is -2.46. The summed E-state index contributed by atoms with van der Waals surface area (Å²) >= 11 is 0. The Bertz CT molecular complexity index is 368. The second-order valence-electron chi connectivity index (χ2n) is 4.65. The minimum absolute atomic E-state index is 0.0109. The maximum atomic E-state index is 12.9. The molecule has 0 spiro atoms. The summed E-state index contributed by atoms with van der Waals surface area (Å²) in [5.41, 5.74) is -0.438. The second-order valence-corrected chi connectivity index (χ2v) is 4.65. The Morgan fingerprint density at radius 3 is 2.26 bits per heavy atom. The average molecular weight is 271 g/mol. The van der Waals surface area contributed by atoms with Gasteiger partial charge in [0.05, 0.1) is 0 Å². The first-order valence-corrected chi connectivity index (χ1v) is 6.30. The van der Waals surface area contributed by atoms with Crippen LogP contribution in [0.4, 0.5) is 13.2 Å². The SMILES string of the molecule is C=CCC1C=C(C(F)(F)F)CC(CC=C)N1CC=C. The number of nitrogens with zero attached hydrogens (tertiary/aromatic N) is 1. The molecule has 0 aromatic heterocycles. The van der Waals surface area contributed by atoms with Crippen LogP contribution >= 0.6 is 0 Å². The van der Waals surface area contributed by atoms with Crippen LogP contribution in [0.5, 0.6) is 0 Å². The number of halogens is 3. The molecule has 0 saturated carbocycles. The Labute approximate surface area is 112 Å². The van der Waals surface area contributed by atoms with E-state index in [4.69, 9.17) is 0 Å². The number of hydrogen-bond acceptors (Lipinski definition) is 1. The maximum absolute atomic E-state index is 12.9. The van der Waals surface area contributed by atoms with Gasteiger partial charge in [-0.15, -0.1) is 19.7 Å². The van der Waals surface area contributed by atoms with Crippen LogP contribution in [0.2, 0.25) is 0 Å². The molecule has 1 aliphatic heterocycles. The van der Waals surface area contributed by atoms with Crippen molar-refractivity contribution < 1.29 is 13.2 Å². The van der Waals surface area contributed by atoms with Crippen LogP contribution in [-0.2, 0) is 0 Å². The van der Waals surface area contributed by atoms with Crippen molar-refractivity contribution >= 4 is 0 Å². The van der Waals surface area contributed by atoms with Gasteiger partial charge in [0.25, 0.3) is 0 Å². The fourth-order valence-electron chi connectivity index (χ4n) is 2.47. The van der Waals surface area contributed by atoms with E-state index in [1.165, 1.54) is 6.08 Å². The first kappa shape index (κ1) is 15.8. The molecule has 0 aromatic rings. The highest BCUT2D eigenvalue weighted by atomic mass is 19.4. The van der Waals surface area contributed by atoms with Crippen LogP contribution in [0.25, 0.3) is 0 Å². The molecule has 0 bridgehead atoms. The number of rotatable bonds is 6. The van der Waals surface area contributed by atoms with E-state index in [2.05, 4.69) is 19.7 Å². The third kappa shape index (κ3) is 4.10. The molecular formula is C15H20F3N. The fraction of sp³-hybridized carbons (Fsp3) is 0.467. The van der Waals surface area contributed by atoms with E-state index < -0.39 is 11.7 Å². The lowest BCUT2D eigenvalue weighted by Gasteiger charge is -2.40. The van der Waals surface area contributed by atoms with Crippen molar-refractivity contribution in [2.45, 2.75) is 37.5 Å². The minimum atomic E-state index is -4.25. The molecule has 19 heavy (non-hydrogen) atoms. The van der Waals surface area contributed by atoms with Crippen LogP contribution in [0.3, 0.4) is 0 Å². The highest BCUT2D eigenvalue weighted by Crippen LogP contribution is 2.36. The Morgan fingerprint density at radius 2 is 1.79 bits per heavy atom. The lowest BCUT2D eigenvalue weighted by molar-refractivity contribution is -0.0990. The van der Waals surface area contributed by atoms with Gasteiger partial charge in [0, 0.05) is 24.2 Å². The lowest BCUT2D eigenvalue weighted by atomic mass is 9.91. The minimum Gasteiger partial charge on any atom is -0.289 e. The van der Waals surface area contributed by atoms with E-state index in [-0.39, 0.29) is 18.5 Å². The Hall–Kier alpha value is -1.29. The van der Waals surface area contributed by atoms with Gasteiger partial charge >= 0.3 is 6.18 Å². The Kier molecular flexibility index (Phi) is 5.60. The quantitative estimate of drug-likeness (QED) is 0.653. The molecule has 2 atom stereocenters. The molecule has 1 heterocycles. The largest absolute Gasteiger partial charge is 0.412 e. The van der Waals surface area contributed by atoms with Crippen molar-refractivity contribution in [3.63, 3.8) is 0 Å². The topological polar surface area (TPSA) is 3.24 Å². The van der Waals surface area contributed by atoms with Crippen LogP contribution in [0.1, 0.15) is 19.3 Å². The predicted octanol–water partition coefficient (Wildman–Crippen LogP) is 4.26. The highest BCUT2D eigenvalue weighted by molar-refractivity contribution is 5.20. The summed E-state index contributed by atoms with van der Waals surface area (Å²) in [5, 5.41) is 0. The summed E-state index contributed by atoms with van der Waals surface area (Å²) in [6.45, 7) is 11.5. The van der Waals surface area contributed by atoms with E-state index in [9.17, 15) is 13.2 Å². The smallest absolute Gasteiger partial charge is 0.289 e. The van der Waals surface area contributed by atoms with E-state index in [1.807, 2.05) is 4.90 Å². The summed E-state index contributed by atoms with van der Waals surface area (Å²) < 4.78 is 38.8. The van der Waals surface area contributed by atoms with Crippen LogP contribution in [0.15, 0.2) is 49.6 Å². The zero-order valence-electron chi connectivity index (χ0n) is 11.0. The van der Waals surface area contributed by atoms with Gasteiger partial charge in [0.1, 0.15) is 0 Å². The molecule has 1 aliphatic rings. The molecule has 1 nitrogen and oxygen atoms in total. The molecule has 0 radical (unpaired) electrons. The molecule has 0 aliphatic carbocycles. The average Bonchev–Trinajstić information content (AvgIpc) is 2.32. The molecule has 1 rings (SSSR count). The summed E-state index contributed by atoms with van der Waals surface area (Å²) in [5.74, 6) is 0. The monoisotopic (exact) mass is 271 g/mol. The number of alkyl halides is 3. The molecule has 0 fully saturated rings. The summed E-state index contributed by atoms with van der Waals surface area (Å²) in [6.07, 6.45) is 3.17. The molecule has 0 amide bonds. The van der Waals surface area contributed by atoms with Gasteiger partial charge in [-0.05, 0) is 19.3 Å². The molecule has 106 valence electrons. The van der Waals surface area contributed by atoms with Crippen molar-refractivity contribution in [2.75, 3.05) is 6.54 Å². The van der Waals surface area contributed by atoms with Crippen LogP contribution < -0.4 is 0 Å². The second kappa shape index (κ2) is 6.75. The zero-order chi connectivity index (χ0) is 14.5. The standard InChI is InChI=1S/C15H20F3N/c1-4-7-13-10-12(15(16,17)18)11-14(8-5-2)19(13)9-6-3/h4-6,10,13-14H,1-3,7-9,11H2. The van der Waals surface area contributed by atoms with Gasteiger partial charge < -0.3 is 0 Å². The first-order valence-electron chi connectivity index (χ1n) is 6.30. The van der Waals surface area contributed by atoms with Gasteiger partial charge in [-0.1, -0.05) is 24.3 Å². The highest BCUT2D eigenvalue weighted by Gasteiger charge is 2.40. The molecule has 4 heteroatoms. The van der Waals surface area contributed by atoms with E-state index in [0.717, 1.165) is 0 Å². The van der Waals surface area contributed by atoms with Crippen molar-refractivity contribution in [3.05, 3.63) is 49.6 Å². The van der Waals surface area contributed by atoms with Crippen molar-refractivity contribution in [2.24, 2.45) is 0 Å². The van der Waals surface area contributed by atoms with E-state index >= 15 is 0 Å². The van der Waals surface area contributed by atoms with E-state index in [0.29, 0.717) is 19.4 Å². The van der Waals surface area contributed by atoms with Crippen molar-refractivity contribution in [1.82, 2.24) is 4.90 Å². The summed E-state index contributed by atoms with van der Waals surface area (Å²) in [4.78, 5) is 2.03. The predicted molar refractivity (Wildman–Crippen MR) is 72.9 cm³/mol. The van der Waals surface area contributed by atoms with Gasteiger partial charge in [0.15, 0.2) is 0 Å². The Morgan fingerprint density at radius 1 is 1.16 bits per heavy atom. The Balaban J connectivity index is 3.06. The third-order valence-electron chi connectivity index (χ3n) is 3.30. The number of hydrogen-bond donors (Lipinski definition) is 0. The van der Waals surface area contributed by atoms with Gasteiger partial charge in [-0.25, -0.2) is 0 Å². The summed E-state index contributed by atoms with van der Waals surface area (Å²) in [7, 11) is 0. The summed E-state index contributed by atoms with van der Waals surface area (Å²) in [6, 6.07) is -0.451. The zero-order valence-corrected chi connectivity index (χ0v) is 11.0. The molecule has 0 aromatic carbocycles. The van der Waals surface area contributed by atoms with Crippen molar-refractivity contribution in [1.29, 1.82) is 0 Å². The fourth-order valence-corrected chi connectivity index (χ4v) is 2.47. The molecule has 0 saturated heterocycles. The van der Waals surface area contributed by atoms with Crippen LogP contribution in [-0.4, -0.2) is 29.7 Å². The maximum Gasteiger partial charge on any atom is 0.412 e. The van der Waals surface area contributed by atoms with Crippen molar-refractivity contribution in [3.8, 4) is 0 Å². The van der Waals surface area contributed by atoms with Gasteiger partial charge in [-0.2, -0.15) is 13.2 Å².